The van der Waals surface area contributed by atoms with Gasteiger partial charge in [0.2, 0.25) is 0 Å². The van der Waals surface area contributed by atoms with Gasteiger partial charge in [-0.3, -0.25) is 9.80 Å². The fourth-order valence-corrected chi connectivity index (χ4v) is 5.78. The number of benzene rings is 2. The summed E-state index contributed by atoms with van der Waals surface area (Å²) in [6.45, 7) is 5.58. The number of rotatable bonds is 6. The molecule has 0 saturated carbocycles. The lowest BCUT2D eigenvalue weighted by Crippen LogP contribution is -2.68. The van der Waals surface area contributed by atoms with Crippen LogP contribution in [0.5, 0.6) is 0 Å². The standard InChI is InChI=1S/C21H26N2O3S/c24-27(25,20-9-5-2-6-10-20)18-21(16-26-17-21)23-13-11-22(12-14-23)15-19-7-3-1-4-8-19/h1-10H,11-18H2. The highest BCUT2D eigenvalue weighted by Gasteiger charge is 2.48. The van der Waals surface area contributed by atoms with Crippen LogP contribution >= 0.6 is 0 Å². The second-order valence-corrected chi connectivity index (χ2v) is 9.53. The first kappa shape index (κ1) is 18.6. The third kappa shape index (κ3) is 4.09. The van der Waals surface area contributed by atoms with Gasteiger partial charge < -0.3 is 4.74 Å². The molecule has 5 nitrogen and oxygen atoms in total. The minimum absolute atomic E-state index is 0.128. The van der Waals surface area contributed by atoms with Gasteiger partial charge in [-0.05, 0) is 17.7 Å². The Hall–Kier alpha value is -1.73. The molecule has 2 heterocycles. The molecular formula is C21H26N2O3S. The van der Waals surface area contributed by atoms with Gasteiger partial charge in [0.1, 0.15) is 0 Å². The topological polar surface area (TPSA) is 49.9 Å². The van der Waals surface area contributed by atoms with Gasteiger partial charge >= 0.3 is 0 Å². The molecule has 0 amide bonds. The average Bonchev–Trinajstić information content (AvgIpc) is 2.67. The molecule has 2 aliphatic heterocycles. The van der Waals surface area contributed by atoms with E-state index in [0.29, 0.717) is 18.1 Å². The third-order valence-electron chi connectivity index (χ3n) is 5.59. The summed E-state index contributed by atoms with van der Waals surface area (Å²) in [7, 11) is -3.33. The van der Waals surface area contributed by atoms with Crippen LogP contribution in [0.4, 0.5) is 0 Å². The monoisotopic (exact) mass is 386 g/mol. The number of ether oxygens (including phenoxy) is 1. The van der Waals surface area contributed by atoms with Crippen molar-refractivity contribution < 1.29 is 13.2 Å². The molecule has 2 fully saturated rings. The van der Waals surface area contributed by atoms with E-state index >= 15 is 0 Å². The van der Waals surface area contributed by atoms with Crippen LogP contribution in [0.1, 0.15) is 5.56 Å². The van der Waals surface area contributed by atoms with Crippen molar-refractivity contribution in [1.29, 1.82) is 0 Å². The second kappa shape index (κ2) is 7.72. The van der Waals surface area contributed by atoms with Crippen LogP contribution in [0.25, 0.3) is 0 Å². The quantitative estimate of drug-likeness (QED) is 0.761. The van der Waals surface area contributed by atoms with Crippen molar-refractivity contribution in [2.75, 3.05) is 45.1 Å². The fourth-order valence-electron chi connectivity index (χ4n) is 3.98. The van der Waals surface area contributed by atoms with Crippen LogP contribution in [-0.2, 0) is 21.1 Å². The lowest BCUT2D eigenvalue weighted by Gasteiger charge is -2.52. The van der Waals surface area contributed by atoms with Gasteiger partial charge in [0.15, 0.2) is 9.84 Å². The Bertz CT molecular complexity index is 844. The molecule has 0 atom stereocenters. The maximum atomic E-state index is 12.9. The summed E-state index contributed by atoms with van der Waals surface area (Å²) >= 11 is 0. The summed E-state index contributed by atoms with van der Waals surface area (Å²) in [6.07, 6.45) is 0. The van der Waals surface area contributed by atoms with Crippen molar-refractivity contribution in [3.63, 3.8) is 0 Å². The Kier molecular flexibility index (Phi) is 5.32. The summed E-state index contributed by atoms with van der Waals surface area (Å²) < 4.78 is 31.3. The van der Waals surface area contributed by atoms with Crippen LogP contribution in [0.3, 0.4) is 0 Å². The van der Waals surface area contributed by atoms with Crippen LogP contribution in [0.2, 0.25) is 0 Å². The van der Waals surface area contributed by atoms with E-state index in [4.69, 9.17) is 4.74 Å². The van der Waals surface area contributed by atoms with E-state index in [1.807, 2.05) is 12.1 Å². The summed E-state index contributed by atoms with van der Waals surface area (Å²) in [5, 5.41) is 0. The smallest absolute Gasteiger partial charge is 0.180 e. The number of piperazine rings is 1. The highest BCUT2D eigenvalue weighted by atomic mass is 32.2. The number of sulfone groups is 1. The predicted molar refractivity (Wildman–Crippen MR) is 105 cm³/mol. The largest absolute Gasteiger partial charge is 0.377 e. The Morgan fingerprint density at radius 2 is 1.44 bits per heavy atom. The number of nitrogens with zero attached hydrogens (tertiary/aromatic N) is 2. The van der Waals surface area contributed by atoms with Gasteiger partial charge in [-0.15, -0.1) is 0 Å². The Morgan fingerprint density at radius 1 is 0.852 bits per heavy atom. The van der Waals surface area contributed by atoms with Gasteiger partial charge in [0.05, 0.1) is 29.4 Å². The molecule has 144 valence electrons. The van der Waals surface area contributed by atoms with E-state index in [9.17, 15) is 8.42 Å². The van der Waals surface area contributed by atoms with E-state index in [1.165, 1.54) is 5.56 Å². The number of hydrogen-bond acceptors (Lipinski definition) is 5. The zero-order valence-corrected chi connectivity index (χ0v) is 16.3. The van der Waals surface area contributed by atoms with Crippen molar-refractivity contribution in [2.24, 2.45) is 0 Å². The van der Waals surface area contributed by atoms with Crippen molar-refractivity contribution in [3.8, 4) is 0 Å². The minimum atomic E-state index is -3.33. The normalized spacial score (nSPS) is 20.9. The molecule has 2 aromatic carbocycles. The third-order valence-corrected chi connectivity index (χ3v) is 7.50. The Morgan fingerprint density at radius 3 is 2.00 bits per heavy atom. The molecule has 0 unspecified atom stereocenters. The molecular weight excluding hydrogens is 360 g/mol. The minimum Gasteiger partial charge on any atom is -0.377 e. The zero-order chi connectivity index (χ0) is 18.7. The summed E-state index contributed by atoms with van der Waals surface area (Å²) in [6, 6.07) is 19.2. The fraction of sp³-hybridized carbons (Fsp3) is 0.429. The molecule has 2 aromatic rings. The SMILES string of the molecule is O=S(=O)(CC1(N2CCN(Cc3ccccc3)CC2)COC1)c1ccccc1. The van der Waals surface area contributed by atoms with Crippen LogP contribution in [0, 0.1) is 0 Å². The lowest BCUT2D eigenvalue weighted by molar-refractivity contribution is -0.138. The van der Waals surface area contributed by atoms with Crippen LogP contribution in [-0.4, -0.2) is 68.9 Å². The molecule has 27 heavy (non-hydrogen) atoms. The molecule has 0 bridgehead atoms. The molecule has 0 N–H and O–H groups in total. The van der Waals surface area contributed by atoms with Crippen molar-refractivity contribution in [2.45, 2.75) is 17.0 Å². The molecule has 0 aliphatic carbocycles. The maximum Gasteiger partial charge on any atom is 0.180 e. The average molecular weight is 387 g/mol. The molecule has 2 aliphatic rings. The molecule has 0 radical (unpaired) electrons. The molecule has 4 rings (SSSR count). The summed E-state index contributed by atoms with van der Waals surface area (Å²) in [4.78, 5) is 5.17. The van der Waals surface area contributed by atoms with E-state index in [0.717, 1.165) is 32.7 Å². The summed E-state index contributed by atoms with van der Waals surface area (Å²) in [5.74, 6) is 0.128. The Balaban J connectivity index is 1.40. The highest BCUT2D eigenvalue weighted by molar-refractivity contribution is 7.91. The first-order chi connectivity index (χ1) is 13.1. The van der Waals surface area contributed by atoms with E-state index < -0.39 is 9.84 Å². The van der Waals surface area contributed by atoms with Crippen LogP contribution < -0.4 is 0 Å². The van der Waals surface area contributed by atoms with Gasteiger partial charge in [-0.1, -0.05) is 48.5 Å². The van der Waals surface area contributed by atoms with Gasteiger partial charge in [-0.25, -0.2) is 8.42 Å². The van der Waals surface area contributed by atoms with E-state index in [-0.39, 0.29) is 11.3 Å². The van der Waals surface area contributed by atoms with Crippen LogP contribution in [0.15, 0.2) is 65.6 Å². The zero-order valence-electron chi connectivity index (χ0n) is 15.5. The van der Waals surface area contributed by atoms with E-state index in [2.05, 4.69) is 34.1 Å². The first-order valence-corrected chi connectivity index (χ1v) is 11.1. The molecule has 0 aromatic heterocycles. The van der Waals surface area contributed by atoms with Gasteiger partial charge in [0.25, 0.3) is 0 Å². The van der Waals surface area contributed by atoms with Gasteiger partial charge in [-0.2, -0.15) is 0 Å². The van der Waals surface area contributed by atoms with Crippen molar-refractivity contribution in [3.05, 3.63) is 66.2 Å². The first-order valence-electron chi connectivity index (χ1n) is 9.44. The van der Waals surface area contributed by atoms with E-state index in [1.54, 1.807) is 24.3 Å². The van der Waals surface area contributed by atoms with Gasteiger partial charge in [0, 0.05) is 32.7 Å². The lowest BCUT2D eigenvalue weighted by atomic mass is 9.96. The molecule has 6 heteroatoms. The highest BCUT2D eigenvalue weighted by Crippen LogP contribution is 2.30. The second-order valence-electron chi connectivity index (χ2n) is 7.54. The van der Waals surface area contributed by atoms with Crippen molar-refractivity contribution in [1.82, 2.24) is 9.80 Å². The Labute approximate surface area is 161 Å². The maximum absolute atomic E-state index is 12.9. The summed E-state index contributed by atoms with van der Waals surface area (Å²) in [5.41, 5.74) is 0.937. The molecule has 2 saturated heterocycles. The molecule has 0 spiro atoms. The predicted octanol–water partition coefficient (Wildman–Crippen LogP) is 2.05. The number of hydrogen-bond donors (Lipinski definition) is 0. The van der Waals surface area contributed by atoms with Crippen molar-refractivity contribution >= 4 is 9.84 Å².